The Morgan fingerprint density at radius 3 is 2.42 bits per heavy atom. The zero-order chi connectivity index (χ0) is 18.7. The number of ether oxygens (including phenoxy) is 1. The largest absolute Gasteiger partial charge is 0.497 e. The van der Waals surface area contributed by atoms with E-state index in [0.717, 1.165) is 16.2 Å². The van der Waals surface area contributed by atoms with Crippen LogP contribution >= 0.6 is 0 Å². The van der Waals surface area contributed by atoms with Gasteiger partial charge in [0.2, 0.25) is 0 Å². The van der Waals surface area contributed by atoms with E-state index >= 15 is 0 Å². The summed E-state index contributed by atoms with van der Waals surface area (Å²) < 4.78 is 5.10. The molecule has 0 fully saturated rings. The van der Waals surface area contributed by atoms with Crippen LogP contribution in [0.5, 0.6) is 5.75 Å². The third-order valence-corrected chi connectivity index (χ3v) is 4.21. The van der Waals surface area contributed by atoms with Crippen molar-refractivity contribution in [3.8, 4) is 5.75 Å². The normalized spacial score (nSPS) is 12.8. The number of methoxy groups -OCH3 is 1. The number of nitrogens with zero attached hydrogens (tertiary/aromatic N) is 1. The van der Waals surface area contributed by atoms with Gasteiger partial charge in [-0.1, -0.05) is 12.1 Å². The van der Waals surface area contributed by atoms with Gasteiger partial charge in [0, 0.05) is 19.3 Å². The molecule has 0 radical (unpaired) electrons. The number of urea groups is 1. The van der Waals surface area contributed by atoms with Crippen LogP contribution in [0.25, 0.3) is 0 Å². The topological polar surface area (TPSA) is 87.7 Å². The summed E-state index contributed by atoms with van der Waals surface area (Å²) in [5.41, 5.74) is 2.19. The van der Waals surface area contributed by atoms with E-state index in [1.165, 1.54) is 13.1 Å². The first-order valence-corrected chi connectivity index (χ1v) is 8.14. The van der Waals surface area contributed by atoms with E-state index in [1.54, 1.807) is 19.2 Å². The quantitative estimate of drug-likeness (QED) is 0.808. The molecule has 0 bridgehead atoms. The van der Waals surface area contributed by atoms with Crippen LogP contribution in [0.2, 0.25) is 0 Å². The summed E-state index contributed by atoms with van der Waals surface area (Å²) >= 11 is 0. The molecule has 0 aliphatic carbocycles. The van der Waals surface area contributed by atoms with Gasteiger partial charge in [0.1, 0.15) is 5.75 Å². The van der Waals surface area contributed by atoms with Crippen LogP contribution in [0.3, 0.4) is 0 Å². The fourth-order valence-corrected chi connectivity index (χ4v) is 2.73. The maximum atomic E-state index is 12.0. The van der Waals surface area contributed by atoms with Crippen LogP contribution in [0, 0.1) is 0 Å². The number of rotatable bonds is 5. The van der Waals surface area contributed by atoms with E-state index in [2.05, 4.69) is 10.6 Å². The molecule has 0 atom stereocenters. The molecule has 4 amide bonds. The third kappa shape index (κ3) is 3.51. The number of fused-ring (bicyclic) bond motifs is 1. The fraction of sp³-hybridized carbons (Fsp3) is 0.211. The van der Waals surface area contributed by atoms with Gasteiger partial charge in [-0.25, -0.2) is 4.79 Å². The molecule has 0 unspecified atom stereocenters. The number of imide groups is 1. The Hall–Kier alpha value is -3.35. The molecule has 134 valence electrons. The molecule has 0 spiro atoms. The second-order valence-electron chi connectivity index (χ2n) is 5.91. The highest BCUT2D eigenvalue weighted by Crippen LogP contribution is 2.24. The molecule has 2 aromatic rings. The van der Waals surface area contributed by atoms with Crippen molar-refractivity contribution in [2.45, 2.75) is 6.42 Å². The van der Waals surface area contributed by atoms with Gasteiger partial charge in [0.25, 0.3) is 11.8 Å². The lowest BCUT2D eigenvalue weighted by atomic mass is 10.1. The van der Waals surface area contributed by atoms with Crippen molar-refractivity contribution in [3.05, 3.63) is 59.2 Å². The van der Waals surface area contributed by atoms with Gasteiger partial charge >= 0.3 is 6.03 Å². The second-order valence-corrected chi connectivity index (χ2v) is 5.91. The number of amides is 4. The summed E-state index contributed by atoms with van der Waals surface area (Å²) in [5, 5.41) is 5.44. The minimum atomic E-state index is -0.372. The zero-order valence-electron chi connectivity index (χ0n) is 14.5. The summed E-state index contributed by atoms with van der Waals surface area (Å²) in [4.78, 5) is 36.9. The minimum absolute atomic E-state index is 0.300. The summed E-state index contributed by atoms with van der Waals surface area (Å²) in [5.74, 6) is 0.0868. The van der Waals surface area contributed by atoms with Crippen molar-refractivity contribution < 1.29 is 19.1 Å². The molecule has 2 N–H and O–H groups in total. The lowest BCUT2D eigenvalue weighted by Crippen LogP contribution is -2.30. The van der Waals surface area contributed by atoms with Crippen LogP contribution in [0.1, 0.15) is 26.3 Å². The summed E-state index contributed by atoms with van der Waals surface area (Å²) in [6.45, 7) is 0.462. The van der Waals surface area contributed by atoms with Gasteiger partial charge in [-0.3, -0.25) is 14.5 Å². The Bertz CT molecular complexity index is 862. The second kappa shape index (κ2) is 7.26. The molecule has 1 aliphatic heterocycles. The Morgan fingerprint density at radius 1 is 1.04 bits per heavy atom. The number of carbonyl (C=O) groups is 3. The highest BCUT2D eigenvalue weighted by Gasteiger charge is 2.32. The van der Waals surface area contributed by atoms with Crippen LogP contribution in [-0.4, -0.2) is 43.4 Å². The Balaban J connectivity index is 1.54. The van der Waals surface area contributed by atoms with Crippen LogP contribution in [0.15, 0.2) is 42.5 Å². The molecule has 7 heteroatoms. The molecular weight excluding hydrogens is 334 g/mol. The average Bonchev–Trinajstić information content (AvgIpc) is 2.86. The van der Waals surface area contributed by atoms with Gasteiger partial charge in [0.15, 0.2) is 0 Å². The predicted molar refractivity (Wildman–Crippen MR) is 96.6 cm³/mol. The number of hydrogen-bond donors (Lipinski definition) is 2. The molecule has 7 nitrogen and oxygen atoms in total. The van der Waals surface area contributed by atoms with Crippen LogP contribution < -0.4 is 15.4 Å². The molecular formula is C19H19N3O4. The average molecular weight is 353 g/mol. The number of hydrogen-bond acceptors (Lipinski definition) is 4. The Morgan fingerprint density at radius 2 is 1.73 bits per heavy atom. The standard InChI is InChI=1S/C19H19N3O4/c1-22-17(23)15-8-5-13(11-16(15)18(22)24)21-19(25)20-10-9-12-3-6-14(26-2)7-4-12/h3-8,11H,9-10H2,1-2H3,(H2,20,21,25). The van der Waals surface area contributed by atoms with E-state index in [4.69, 9.17) is 4.74 Å². The SMILES string of the molecule is COc1ccc(CCNC(=O)Nc2ccc3c(c2)C(=O)N(C)C3=O)cc1. The van der Waals surface area contributed by atoms with E-state index in [0.29, 0.717) is 29.8 Å². The van der Waals surface area contributed by atoms with Crippen molar-refractivity contribution in [2.75, 3.05) is 26.0 Å². The third-order valence-electron chi connectivity index (χ3n) is 4.21. The number of nitrogens with one attached hydrogen (secondary N) is 2. The van der Waals surface area contributed by atoms with Crippen molar-refractivity contribution in [1.29, 1.82) is 0 Å². The Kier molecular flexibility index (Phi) is 4.88. The zero-order valence-corrected chi connectivity index (χ0v) is 14.5. The molecule has 3 rings (SSSR count). The summed E-state index contributed by atoms with van der Waals surface area (Å²) in [6.07, 6.45) is 0.680. The summed E-state index contributed by atoms with van der Waals surface area (Å²) in [6, 6.07) is 11.9. The first kappa shape index (κ1) is 17.5. The molecule has 0 saturated heterocycles. The van der Waals surface area contributed by atoms with Crippen molar-refractivity contribution in [1.82, 2.24) is 10.2 Å². The van der Waals surface area contributed by atoms with E-state index < -0.39 is 0 Å². The van der Waals surface area contributed by atoms with E-state index in [-0.39, 0.29) is 17.8 Å². The lowest BCUT2D eigenvalue weighted by Gasteiger charge is -2.09. The van der Waals surface area contributed by atoms with Gasteiger partial charge in [-0.05, 0) is 42.3 Å². The first-order valence-electron chi connectivity index (χ1n) is 8.14. The minimum Gasteiger partial charge on any atom is -0.497 e. The molecule has 0 saturated carbocycles. The predicted octanol–water partition coefficient (Wildman–Crippen LogP) is 2.29. The Labute approximate surface area is 150 Å². The first-order chi connectivity index (χ1) is 12.5. The number of carbonyl (C=O) groups excluding carboxylic acids is 3. The highest BCUT2D eigenvalue weighted by atomic mass is 16.5. The number of anilines is 1. The van der Waals surface area contributed by atoms with Gasteiger partial charge in [0.05, 0.1) is 18.2 Å². The van der Waals surface area contributed by atoms with Gasteiger partial charge in [-0.2, -0.15) is 0 Å². The smallest absolute Gasteiger partial charge is 0.319 e. The molecule has 2 aromatic carbocycles. The number of benzene rings is 2. The van der Waals surface area contributed by atoms with Gasteiger partial charge in [-0.15, -0.1) is 0 Å². The van der Waals surface area contributed by atoms with Crippen molar-refractivity contribution >= 4 is 23.5 Å². The highest BCUT2D eigenvalue weighted by molar-refractivity contribution is 6.21. The molecule has 1 heterocycles. The van der Waals surface area contributed by atoms with E-state index in [9.17, 15) is 14.4 Å². The maximum absolute atomic E-state index is 12.0. The monoisotopic (exact) mass is 353 g/mol. The van der Waals surface area contributed by atoms with E-state index in [1.807, 2.05) is 24.3 Å². The molecule has 0 aromatic heterocycles. The fourth-order valence-electron chi connectivity index (χ4n) is 2.73. The van der Waals surface area contributed by atoms with Crippen LogP contribution in [-0.2, 0) is 6.42 Å². The van der Waals surface area contributed by atoms with Crippen LogP contribution in [0.4, 0.5) is 10.5 Å². The van der Waals surface area contributed by atoms with Crippen molar-refractivity contribution in [2.24, 2.45) is 0 Å². The van der Waals surface area contributed by atoms with Gasteiger partial charge < -0.3 is 15.4 Å². The summed E-state index contributed by atoms with van der Waals surface area (Å²) in [7, 11) is 3.05. The maximum Gasteiger partial charge on any atom is 0.319 e. The lowest BCUT2D eigenvalue weighted by molar-refractivity contribution is 0.0693. The molecule has 26 heavy (non-hydrogen) atoms. The van der Waals surface area contributed by atoms with Crippen molar-refractivity contribution in [3.63, 3.8) is 0 Å². The molecule has 1 aliphatic rings.